The molecule has 0 bridgehead atoms. The Morgan fingerprint density at radius 2 is 1.18 bits per heavy atom. The minimum absolute atomic E-state index is 0.457. The molecule has 0 aliphatic carbocycles. The third-order valence-corrected chi connectivity index (χ3v) is 9.16. The van der Waals surface area contributed by atoms with Crippen LogP contribution in [0.5, 0.6) is 17.2 Å². The topological polar surface area (TPSA) is 59.6 Å². The summed E-state index contributed by atoms with van der Waals surface area (Å²) in [5.41, 5.74) is 6.74. The van der Waals surface area contributed by atoms with Crippen LogP contribution in [0.3, 0.4) is 0 Å². The fourth-order valence-corrected chi connectivity index (χ4v) is 6.54. The third kappa shape index (κ3) is 7.97. The summed E-state index contributed by atoms with van der Waals surface area (Å²) in [5.74, 6) is 2.39. The lowest BCUT2D eigenvalue weighted by Crippen LogP contribution is -2.33. The number of hydrogen-bond acceptors (Lipinski definition) is 5. The molecule has 5 aromatic carbocycles. The number of nitrogens with zero attached hydrogens (tertiary/aromatic N) is 3. The van der Waals surface area contributed by atoms with Gasteiger partial charge in [0.2, 0.25) is 0 Å². The van der Waals surface area contributed by atoms with Crippen LogP contribution in [0.2, 0.25) is 0 Å². The van der Waals surface area contributed by atoms with Crippen molar-refractivity contribution in [3.8, 4) is 34.6 Å². The van der Waals surface area contributed by atoms with E-state index in [2.05, 4.69) is 58.0 Å². The summed E-state index contributed by atoms with van der Waals surface area (Å²) < 4.78 is 20.6. The minimum Gasteiger partial charge on any atom is -0.492 e. The van der Waals surface area contributed by atoms with Gasteiger partial charge in [-0.3, -0.25) is 4.90 Å². The van der Waals surface area contributed by atoms with Gasteiger partial charge in [-0.15, -0.1) is 0 Å². The first-order valence-corrected chi connectivity index (χ1v) is 17.2. The summed E-state index contributed by atoms with van der Waals surface area (Å²) in [7, 11) is 0. The summed E-state index contributed by atoms with van der Waals surface area (Å²) in [4.78, 5) is 2.49. The minimum atomic E-state index is 0.457. The number of ether oxygens (including phenoxy) is 3. The quantitative estimate of drug-likeness (QED) is 0.125. The zero-order valence-corrected chi connectivity index (χ0v) is 27.8. The summed E-state index contributed by atoms with van der Waals surface area (Å²) in [6.45, 7) is 5.54. The number of nitriles is 1. The summed E-state index contributed by atoms with van der Waals surface area (Å²) in [6, 6.07) is 45.2. The highest BCUT2D eigenvalue weighted by atomic mass is 16.5. The molecule has 0 N–H and O–H groups in total. The van der Waals surface area contributed by atoms with Crippen molar-refractivity contribution in [3.63, 3.8) is 0 Å². The largest absolute Gasteiger partial charge is 0.492 e. The Balaban J connectivity index is 1.15. The number of rotatable bonds is 13. The highest BCUT2D eigenvalue weighted by molar-refractivity contribution is 5.95. The van der Waals surface area contributed by atoms with Crippen molar-refractivity contribution in [2.75, 3.05) is 26.2 Å². The molecule has 1 saturated heterocycles. The van der Waals surface area contributed by atoms with E-state index < -0.39 is 0 Å². The SMILES string of the molecule is N#Cc1c(-c2ccc(OCc3ccccc3)cc2)n(Cc2ccc(OCCN3CCCCC3)cc2)c2ccc(OCc3ccccc3)cc12. The fraction of sp³-hybridized carbons (Fsp3) is 0.233. The highest BCUT2D eigenvalue weighted by Gasteiger charge is 2.20. The van der Waals surface area contributed by atoms with Crippen molar-refractivity contribution in [2.24, 2.45) is 0 Å². The van der Waals surface area contributed by atoms with E-state index >= 15 is 0 Å². The van der Waals surface area contributed by atoms with Crippen LogP contribution in [-0.2, 0) is 19.8 Å². The van der Waals surface area contributed by atoms with Crippen molar-refractivity contribution < 1.29 is 14.2 Å². The highest BCUT2D eigenvalue weighted by Crippen LogP contribution is 2.37. The fourth-order valence-electron chi connectivity index (χ4n) is 6.54. The van der Waals surface area contributed by atoms with Crippen molar-refractivity contribution in [2.45, 2.75) is 39.0 Å². The standard InChI is InChI=1S/C43H41N3O3/c44-29-41-40-28-39(49-32-35-12-6-2-7-13-35)22-23-42(40)46(30-33-14-18-37(19-15-33)47-27-26-45-24-8-3-9-25-45)43(41)36-16-20-38(21-17-36)48-31-34-10-4-1-5-11-34/h1-2,4-7,10-23,28H,3,8-9,24-27,30-32H2. The molecule has 6 heteroatoms. The van der Waals surface area contributed by atoms with E-state index in [1.54, 1.807) is 0 Å². The van der Waals surface area contributed by atoms with Crippen LogP contribution in [0.25, 0.3) is 22.2 Å². The van der Waals surface area contributed by atoms with Crippen LogP contribution in [0, 0.1) is 11.3 Å². The molecule has 1 aliphatic rings. The Kier molecular flexibility index (Phi) is 10.2. The maximum absolute atomic E-state index is 10.6. The lowest BCUT2D eigenvalue weighted by molar-refractivity contribution is 0.183. The smallest absolute Gasteiger partial charge is 0.120 e. The second-order valence-corrected chi connectivity index (χ2v) is 12.6. The molecule has 0 spiro atoms. The number of aromatic nitrogens is 1. The molecule has 0 unspecified atom stereocenters. The number of hydrogen-bond donors (Lipinski definition) is 0. The number of fused-ring (bicyclic) bond motifs is 1. The lowest BCUT2D eigenvalue weighted by atomic mass is 10.1. The zero-order chi connectivity index (χ0) is 33.3. The van der Waals surface area contributed by atoms with Crippen LogP contribution in [0.4, 0.5) is 0 Å². The molecular weight excluding hydrogens is 606 g/mol. The third-order valence-electron chi connectivity index (χ3n) is 9.16. The lowest BCUT2D eigenvalue weighted by Gasteiger charge is -2.26. The van der Waals surface area contributed by atoms with Gasteiger partial charge in [-0.25, -0.2) is 0 Å². The molecule has 7 rings (SSSR count). The first-order valence-electron chi connectivity index (χ1n) is 17.2. The number of likely N-dealkylation sites (tertiary alicyclic amines) is 1. The van der Waals surface area contributed by atoms with Gasteiger partial charge in [0, 0.05) is 18.5 Å². The summed E-state index contributed by atoms with van der Waals surface area (Å²) >= 11 is 0. The van der Waals surface area contributed by atoms with Gasteiger partial charge in [0.25, 0.3) is 0 Å². The van der Waals surface area contributed by atoms with Crippen LogP contribution < -0.4 is 14.2 Å². The van der Waals surface area contributed by atoms with Gasteiger partial charge < -0.3 is 18.8 Å². The monoisotopic (exact) mass is 647 g/mol. The van der Waals surface area contributed by atoms with E-state index in [0.29, 0.717) is 31.9 Å². The number of benzene rings is 5. The molecule has 1 fully saturated rings. The van der Waals surface area contributed by atoms with Gasteiger partial charge >= 0.3 is 0 Å². The van der Waals surface area contributed by atoms with Gasteiger partial charge in [-0.05, 0) is 103 Å². The Hall–Kier alpha value is -5.51. The molecule has 6 aromatic rings. The van der Waals surface area contributed by atoms with Crippen molar-refractivity contribution in [1.29, 1.82) is 5.26 Å². The molecule has 2 heterocycles. The first-order chi connectivity index (χ1) is 24.2. The molecule has 6 nitrogen and oxygen atoms in total. The summed E-state index contributed by atoms with van der Waals surface area (Å²) in [5, 5.41) is 11.5. The van der Waals surface area contributed by atoms with Crippen LogP contribution in [-0.4, -0.2) is 35.7 Å². The van der Waals surface area contributed by atoms with Gasteiger partial charge in [0.1, 0.15) is 43.1 Å². The summed E-state index contributed by atoms with van der Waals surface area (Å²) in [6.07, 6.45) is 3.91. The average molecular weight is 648 g/mol. The molecule has 1 aromatic heterocycles. The Labute approximate surface area is 288 Å². The molecule has 0 atom stereocenters. The second kappa shape index (κ2) is 15.6. The van der Waals surface area contributed by atoms with Crippen molar-refractivity contribution >= 4 is 10.9 Å². The Morgan fingerprint density at radius 3 is 1.84 bits per heavy atom. The van der Waals surface area contributed by atoms with Crippen LogP contribution >= 0.6 is 0 Å². The van der Waals surface area contributed by atoms with E-state index in [1.807, 2.05) is 84.9 Å². The van der Waals surface area contributed by atoms with E-state index in [4.69, 9.17) is 14.2 Å². The normalized spacial score (nSPS) is 13.2. The maximum Gasteiger partial charge on any atom is 0.120 e. The van der Waals surface area contributed by atoms with E-state index in [0.717, 1.165) is 62.6 Å². The predicted molar refractivity (Wildman–Crippen MR) is 195 cm³/mol. The molecular formula is C43H41N3O3. The Bertz CT molecular complexity index is 1990. The van der Waals surface area contributed by atoms with E-state index in [1.165, 1.54) is 32.4 Å². The second-order valence-electron chi connectivity index (χ2n) is 12.6. The van der Waals surface area contributed by atoms with Crippen LogP contribution in [0.1, 0.15) is 41.5 Å². The van der Waals surface area contributed by atoms with Gasteiger partial charge in [0.05, 0.1) is 16.8 Å². The average Bonchev–Trinajstić information content (AvgIpc) is 3.47. The molecule has 0 amide bonds. The molecule has 246 valence electrons. The van der Waals surface area contributed by atoms with E-state index in [9.17, 15) is 5.26 Å². The predicted octanol–water partition coefficient (Wildman–Crippen LogP) is 9.25. The Morgan fingerprint density at radius 1 is 0.592 bits per heavy atom. The molecule has 1 aliphatic heterocycles. The first kappa shape index (κ1) is 32.1. The van der Waals surface area contributed by atoms with Gasteiger partial charge in [-0.1, -0.05) is 79.2 Å². The zero-order valence-electron chi connectivity index (χ0n) is 27.8. The molecule has 0 saturated carbocycles. The van der Waals surface area contributed by atoms with Crippen molar-refractivity contribution in [1.82, 2.24) is 9.47 Å². The van der Waals surface area contributed by atoms with Crippen LogP contribution in [0.15, 0.2) is 127 Å². The van der Waals surface area contributed by atoms with Crippen molar-refractivity contribution in [3.05, 3.63) is 150 Å². The van der Waals surface area contributed by atoms with Gasteiger partial charge in [0.15, 0.2) is 0 Å². The molecule has 49 heavy (non-hydrogen) atoms. The molecule has 0 radical (unpaired) electrons. The van der Waals surface area contributed by atoms with E-state index in [-0.39, 0.29) is 0 Å². The van der Waals surface area contributed by atoms with Gasteiger partial charge in [-0.2, -0.15) is 5.26 Å². The maximum atomic E-state index is 10.6. The number of piperidine rings is 1.